The fourth-order valence-electron chi connectivity index (χ4n) is 2.35. The molecule has 0 saturated heterocycles. The molecule has 15 heavy (non-hydrogen) atoms. The Bertz CT molecular complexity index is 194. The molecule has 0 aromatic carbocycles. The summed E-state index contributed by atoms with van der Waals surface area (Å²) in [6, 6.07) is 0.337. The van der Waals surface area contributed by atoms with Gasteiger partial charge < -0.3 is 5.32 Å². The van der Waals surface area contributed by atoms with E-state index in [4.69, 9.17) is 0 Å². The molecule has 0 heterocycles. The van der Waals surface area contributed by atoms with Crippen LogP contribution in [-0.2, 0) is 0 Å². The topological polar surface area (TPSA) is 12.0 Å². The van der Waals surface area contributed by atoms with Gasteiger partial charge in [0.15, 0.2) is 0 Å². The number of rotatable bonds is 5. The van der Waals surface area contributed by atoms with Gasteiger partial charge in [0, 0.05) is 18.9 Å². The molecule has 1 rings (SSSR count). The highest BCUT2D eigenvalue weighted by Gasteiger charge is 2.36. The molecule has 1 aliphatic carbocycles. The van der Waals surface area contributed by atoms with Crippen LogP contribution < -0.4 is 5.32 Å². The van der Waals surface area contributed by atoms with Crippen LogP contribution in [0.2, 0.25) is 0 Å². The van der Waals surface area contributed by atoms with Gasteiger partial charge in [0.25, 0.3) is 0 Å². The molecule has 0 aliphatic heterocycles. The first kappa shape index (κ1) is 12.6. The Balaban J connectivity index is 2.44. The maximum Gasteiger partial charge on any atom is 0.248 e. The van der Waals surface area contributed by atoms with E-state index in [-0.39, 0.29) is 12.8 Å². The summed E-state index contributed by atoms with van der Waals surface area (Å²) >= 11 is 0. The van der Waals surface area contributed by atoms with Crippen molar-refractivity contribution < 1.29 is 8.78 Å². The predicted octanol–water partition coefficient (Wildman–Crippen LogP) is 3.37. The van der Waals surface area contributed by atoms with Crippen molar-refractivity contribution in [3.8, 4) is 0 Å². The minimum Gasteiger partial charge on any atom is -0.314 e. The molecule has 0 amide bonds. The van der Waals surface area contributed by atoms with Gasteiger partial charge in [0.05, 0.1) is 0 Å². The summed E-state index contributed by atoms with van der Waals surface area (Å²) in [6.45, 7) is 6.66. The van der Waals surface area contributed by atoms with Gasteiger partial charge in [-0.2, -0.15) is 0 Å². The highest BCUT2D eigenvalue weighted by molar-refractivity contribution is 4.88. The van der Waals surface area contributed by atoms with Crippen molar-refractivity contribution in [3.63, 3.8) is 0 Å². The smallest absolute Gasteiger partial charge is 0.248 e. The molecule has 0 aromatic rings. The lowest BCUT2D eigenvalue weighted by Gasteiger charge is -2.33. The first-order valence-electron chi connectivity index (χ1n) is 5.81. The Morgan fingerprint density at radius 2 is 2.07 bits per heavy atom. The molecule has 1 aliphatic rings. The maximum atomic E-state index is 13.0. The van der Waals surface area contributed by atoms with Crippen molar-refractivity contribution in [1.82, 2.24) is 5.32 Å². The third-order valence-electron chi connectivity index (χ3n) is 3.22. The quantitative estimate of drug-likeness (QED) is 0.696. The van der Waals surface area contributed by atoms with Crippen LogP contribution in [-0.4, -0.2) is 18.5 Å². The third kappa shape index (κ3) is 3.90. The second-order valence-electron chi connectivity index (χ2n) is 4.38. The predicted molar refractivity (Wildman–Crippen MR) is 59.2 cm³/mol. The standard InChI is InChI=1S/C12H21F2N/c1-3-5-11(15-4-2)10-6-8-12(13,14)9-7-10/h3,10-11,15H,1,4-9H2,2H3. The summed E-state index contributed by atoms with van der Waals surface area (Å²) in [5, 5.41) is 3.36. The normalized spacial score (nSPS) is 23.7. The van der Waals surface area contributed by atoms with Crippen molar-refractivity contribution in [2.75, 3.05) is 6.54 Å². The lowest BCUT2D eigenvalue weighted by atomic mass is 9.81. The molecule has 1 saturated carbocycles. The Hall–Kier alpha value is -0.440. The van der Waals surface area contributed by atoms with Crippen molar-refractivity contribution in [2.45, 2.75) is 51.0 Å². The Morgan fingerprint density at radius 1 is 1.47 bits per heavy atom. The van der Waals surface area contributed by atoms with Gasteiger partial charge in [0.1, 0.15) is 0 Å². The van der Waals surface area contributed by atoms with Crippen molar-refractivity contribution >= 4 is 0 Å². The van der Waals surface area contributed by atoms with E-state index in [2.05, 4.69) is 11.9 Å². The summed E-state index contributed by atoms with van der Waals surface area (Å²) in [6.07, 6.45) is 4.13. The molecule has 0 radical (unpaired) electrons. The van der Waals surface area contributed by atoms with Crippen LogP contribution in [0.25, 0.3) is 0 Å². The molecule has 1 atom stereocenters. The van der Waals surface area contributed by atoms with Gasteiger partial charge in [-0.3, -0.25) is 0 Å². The molecule has 1 N–H and O–H groups in total. The second-order valence-corrected chi connectivity index (χ2v) is 4.38. The fourth-order valence-corrected chi connectivity index (χ4v) is 2.35. The average Bonchev–Trinajstić information content (AvgIpc) is 2.18. The third-order valence-corrected chi connectivity index (χ3v) is 3.22. The zero-order valence-electron chi connectivity index (χ0n) is 9.44. The molecule has 1 fully saturated rings. The SMILES string of the molecule is C=CCC(NCC)C1CCC(F)(F)CC1. The van der Waals surface area contributed by atoms with E-state index in [1.807, 2.05) is 13.0 Å². The van der Waals surface area contributed by atoms with Crippen LogP contribution in [0.4, 0.5) is 8.78 Å². The fraction of sp³-hybridized carbons (Fsp3) is 0.833. The highest BCUT2D eigenvalue weighted by Crippen LogP contribution is 2.37. The summed E-state index contributed by atoms with van der Waals surface area (Å²) < 4.78 is 25.9. The van der Waals surface area contributed by atoms with E-state index >= 15 is 0 Å². The highest BCUT2D eigenvalue weighted by atomic mass is 19.3. The number of halogens is 2. The minimum absolute atomic E-state index is 0.0523. The number of nitrogens with one attached hydrogen (secondary N) is 1. The van der Waals surface area contributed by atoms with Gasteiger partial charge in [-0.25, -0.2) is 8.78 Å². The van der Waals surface area contributed by atoms with Gasteiger partial charge in [-0.1, -0.05) is 13.0 Å². The lowest BCUT2D eigenvalue weighted by molar-refractivity contribution is -0.0493. The van der Waals surface area contributed by atoms with E-state index in [1.54, 1.807) is 0 Å². The van der Waals surface area contributed by atoms with Crippen LogP contribution in [0, 0.1) is 5.92 Å². The summed E-state index contributed by atoms with van der Waals surface area (Å²) in [5.74, 6) is -2.02. The zero-order valence-corrected chi connectivity index (χ0v) is 9.44. The van der Waals surface area contributed by atoms with Crippen LogP contribution in [0.1, 0.15) is 39.0 Å². The van der Waals surface area contributed by atoms with Crippen LogP contribution in [0.3, 0.4) is 0 Å². The summed E-state index contributed by atoms with van der Waals surface area (Å²) in [4.78, 5) is 0. The van der Waals surface area contributed by atoms with Gasteiger partial charge >= 0.3 is 0 Å². The van der Waals surface area contributed by atoms with E-state index < -0.39 is 5.92 Å². The van der Waals surface area contributed by atoms with Crippen LogP contribution in [0.5, 0.6) is 0 Å². The summed E-state index contributed by atoms with van der Waals surface area (Å²) in [5.41, 5.74) is 0. The van der Waals surface area contributed by atoms with E-state index in [9.17, 15) is 8.78 Å². The molecule has 0 aromatic heterocycles. The number of hydrogen-bond donors (Lipinski definition) is 1. The Kier molecular flexibility index (Phi) is 4.71. The molecule has 1 unspecified atom stereocenters. The molecule has 3 heteroatoms. The lowest BCUT2D eigenvalue weighted by Crippen LogP contribution is -2.39. The molecule has 1 nitrogen and oxygen atoms in total. The molecule has 0 bridgehead atoms. The van der Waals surface area contributed by atoms with Crippen LogP contribution >= 0.6 is 0 Å². The molecular formula is C12H21F2N. The Labute approximate surface area is 90.9 Å². The van der Waals surface area contributed by atoms with E-state index in [0.717, 1.165) is 13.0 Å². The molecule has 0 spiro atoms. The second kappa shape index (κ2) is 5.59. The van der Waals surface area contributed by atoms with E-state index in [0.29, 0.717) is 24.8 Å². The molecular weight excluding hydrogens is 196 g/mol. The van der Waals surface area contributed by atoms with Gasteiger partial charge in [-0.15, -0.1) is 6.58 Å². The minimum atomic E-state index is -2.42. The van der Waals surface area contributed by atoms with Crippen molar-refractivity contribution in [2.24, 2.45) is 5.92 Å². The van der Waals surface area contributed by atoms with Crippen molar-refractivity contribution in [3.05, 3.63) is 12.7 Å². The first-order chi connectivity index (χ1) is 7.09. The Morgan fingerprint density at radius 3 is 2.53 bits per heavy atom. The van der Waals surface area contributed by atoms with Crippen molar-refractivity contribution in [1.29, 1.82) is 0 Å². The summed E-state index contributed by atoms with van der Waals surface area (Å²) in [7, 11) is 0. The monoisotopic (exact) mass is 217 g/mol. The number of hydrogen-bond acceptors (Lipinski definition) is 1. The van der Waals surface area contributed by atoms with Gasteiger partial charge in [-0.05, 0) is 31.7 Å². The largest absolute Gasteiger partial charge is 0.314 e. The first-order valence-corrected chi connectivity index (χ1v) is 5.81. The maximum absolute atomic E-state index is 13.0. The number of alkyl halides is 2. The van der Waals surface area contributed by atoms with Crippen LogP contribution in [0.15, 0.2) is 12.7 Å². The average molecular weight is 217 g/mol. The van der Waals surface area contributed by atoms with E-state index in [1.165, 1.54) is 0 Å². The molecule has 88 valence electrons. The zero-order chi connectivity index (χ0) is 11.3. The van der Waals surface area contributed by atoms with Gasteiger partial charge in [0.2, 0.25) is 5.92 Å².